The Balaban J connectivity index is 0.00000312. The van der Waals surface area contributed by atoms with E-state index in [9.17, 15) is 0 Å². The van der Waals surface area contributed by atoms with Crippen LogP contribution in [-0.2, 0) is 13.1 Å². The largest absolute Gasteiger partial charge is 0.357 e. The van der Waals surface area contributed by atoms with Gasteiger partial charge in [0.25, 0.3) is 0 Å². The molecule has 0 spiro atoms. The SMILES string of the molecule is CCNC(=NCc1cccc(CN(C)C)c1)N1CCSC(C)(C)C1.I. The minimum atomic E-state index is 0. The first-order valence-electron chi connectivity index (χ1n) is 8.79. The fraction of sp³-hybridized carbons (Fsp3) is 0.632. The van der Waals surface area contributed by atoms with Gasteiger partial charge in [-0.3, -0.25) is 0 Å². The third-order valence-corrected chi connectivity index (χ3v) is 5.26. The van der Waals surface area contributed by atoms with Crippen LogP contribution in [0.1, 0.15) is 31.9 Å². The van der Waals surface area contributed by atoms with Crippen molar-refractivity contribution in [3.05, 3.63) is 35.4 Å². The van der Waals surface area contributed by atoms with Gasteiger partial charge in [0.2, 0.25) is 0 Å². The molecule has 2 rings (SSSR count). The maximum atomic E-state index is 4.90. The quantitative estimate of drug-likeness (QED) is 0.399. The molecule has 1 saturated heterocycles. The lowest BCUT2D eigenvalue weighted by Crippen LogP contribution is -2.50. The molecule has 0 aliphatic carbocycles. The summed E-state index contributed by atoms with van der Waals surface area (Å²) in [4.78, 5) is 9.50. The van der Waals surface area contributed by atoms with Gasteiger partial charge in [-0.25, -0.2) is 4.99 Å². The molecule has 1 aliphatic heterocycles. The van der Waals surface area contributed by atoms with Gasteiger partial charge in [0.15, 0.2) is 5.96 Å². The average Bonchev–Trinajstić information content (AvgIpc) is 2.50. The number of halogens is 1. The van der Waals surface area contributed by atoms with Crippen LogP contribution in [0.3, 0.4) is 0 Å². The van der Waals surface area contributed by atoms with Crippen LogP contribution in [-0.4, -0.2) is 60.0 Å². The fourth-order valence-corrected chi connectivity index (χ4v) is 4.09. The van der Waals surface area contributed by atoms with Crippen molar-refractivity contribution in [3.63, 3.8) is 0 Å². The Morgan fingerprint density at radius 3 is 2.68 bits per heavy atom. The highest BCUT2D eigenvalue weighted by molar-refractivity contribution is 14.0. The van der Waals surface area contributed by atoms with Gasteiger partial charge < -0.3 is 15.1 Å². The highest BCUT2D eigenvalue weighted by atomic mass is 127. The lowest BCUT2D eigenvalue weighted by Gasteiger charge is -2.39. The summed E-state index contributed by atoms with van der Waals surface area (Å²) in [6.45, 7) is 11.5. The number of guanidine groups is 1. The van der Waals surface area contributed by atoms with Crippen molar-refractivity contribution < 1.29 is 0 Å². The van der Waals surface area contributed by atoms with E-state index < -0.39 is 0 Å². The molecule has 25 heavy (non-hydrogen) atoms. The van der Waals surface area contributed by atoms with Gasteiger partial charge in [-0.15, -0.1) is 24.0 Å². The summed E-state index contributed by atoms with van der Waals surface area (Å²) in [6.07, 6.45) is 0. The Morgan fingerprint density at radius 1 is 1.32 bits per heavy atom. The zero-order chi connectivity index (χ0) is 17.6. The van der Waals surface area contributed by atoms with E-state index in [1.54, 1.807) is 0 Å². The Kier molecular flexibility index (Phi) is 9.59. The average molecular weight is 476 g/mol. The number of thioether (sulfide) groups is 1. The summed E-state index contributed by atoms with van der Waals surface area (Å²) in [5.74, 6) is 2.21. The van der Waals surface area contributed by atoms with Gasteiger partial charge in [-0.2, -0.15) is 11.8 Å². The lowest BCUT2D eigenvalue weighted by atomic mass is 10.1. The predicted octanol–water partition coefficient (Wildman–Crippen LogP) is 3.66. The molecule has 0 aromatic heterocycles. The number of rotatable bonds is 5. The van der Waals surface area contributed by atoms with Crippen molar-refractivity contribution in [1.29, 1.82) is 0 Å². The summed E-state index contributed by atoms with van der Waals surface area (Å²) < 4.78 is 0.292. The third-order valence-electron chi connectivity index (χ3n) is 3.96. The van der Waals surface area contributed by atoms with Gasteiger partial charge in [0.05, 0.1) is 6.54 Å². The van der Waals surface area contributed by atoms with E-state index in [0.29, 0.717) is 4.75 Å². The van der Waals surface area contributed by atoms with Crippen LogP contribution in [0.15, 0.2) is 29.3 Å². The number of nitrogens with one attached hydrogen (secondary N) is 1. The second-order valence-corrected chi connectivity index (χ2v) is 9.06. The standard InChI is InChI=1S/C19H32N4S.HI/c1-6-20-18(23-10-11-24-19(2,3)15-23)21-13-16-8-7-9-17(12-16)14-22(4)5;/h7-9,12H,6,10-11,13-15H2,1-5H3,(H,20,21);1H. The second-order valence-electron chi connectivity index (χ2n) is 7.26. The van der Waals surface area contributed by atoms with E-state index in [2.05, 4.69) is 86.0 Å². The molecule has 0 unspecified atom stereocenters. The molecule has 1 aliphatic rings. The molecule has 0 bridgehead atoms. The summed E-state index contributed by atoms with van der Waals surface area (Å²) in [6, 6.07) is 8.76. The minimum Gasteiger partial charge on any atom is -0.357 e. The van der Waals surface area contributed by atoms with Crippen LogP contribution in [0, 0.1) is 0 Å². The molecule has 1 fully saturated rings. The molecule has 6 heteroatoms. The topological polar surface area (TPSA) is 30.9 Å². The van der Waals surface area contributed by atoms with Crippen molar-refractivity contribution in [2.45, 2.75) is 38.6 Å². The molecule has 0 radical (unpaired) electrons. The van der Waals surface area contributed by atoms with Gasteiger partial charge in [0, 0.05) is 36.7 Å². The molecule has 0 saturated carbocycles. The van der Waals surface area contributed by atoms with Crippen molar-refractivity contribution >= 4 is 41.7 Å². The highest BCUT2D eigenvalue weighted by Gasteiger charge is 2.28. The van der Waals surface area contributed by atoms with Crippen LogP contribution in [0.5, 0.6) is 0 Å². The van der Waals surface area contributed by atoms with Crippen LogP contribution in [0.4, 0.5) is 0 Å². The van der Waals surface area contributed by atoms with Crippen LogP contribution in [0.2, 0.25) is 0 Å². The molecule has 1 aromatic carbocycles. The Labute approximate surface area is 174 Å². The molecule has 0 atom stereocenters. The Bertz CT molecular complexity index is 560. The van der Waals surface area contributed by atoms with Crippen molar-refractivity contribution in [3.8, 4) is 0 Å². The summed E-state index contributed by atoms with van der Waals surface area (Å²) >= 11 is 2.05. The van der Waals surface area contributed by atoms with Crippen molar-refractivity contribution in [2.75, 3.05) is 39.5 Å². The lowest BCUT2D eigenvalue weighted by molar-refractivity contribution is 0.376. The number of nitrogens with zero attached hydrogens (tertiary/aromatic N) is 3. The Hall–Kier alpha value is -0.470. The zero-order valence-corrected chi connectivity index (χ0v) is 19.4. The van der Waals surface area contributed by atoms with Crippen LogP contribution >= 0.6 is 35.7 Å². The third kappa shape index (κ3) is 7.74. The van der Waals surface area contributed by atoms with Gasteiger partial charge >= 0.3 is 0 Å². The van der Waals surface area contributed by atoms with E-state index in [1.165, 1.54) is 11.1 Å². The zero-order valence-electron chi connectivity index (χ0n) is 16.2. The van der Waals surface area contributed by atoms with Gasteiger partial charge in [-0.05, 0) is 46.0 Å². The van der Waals surface area contributed by atoms with E-state index in [0.717, 1.165) is 44.4 Å². The van der Waals surface area contributed by atoms with E-state index in [4.69, 9.17) is 4.99 Å². The predicted molar refractivity (Wildman–Crippen MR) is 122 cm³/mol. The summed E-state index contributed by atoms with van der Waals surface area (Å²) in [7, 11) is 4.20. The van der Waals surface area contributed by atoms with Crippen LogP contribution in [0.25, 0.3) is 0 Å². The first-order valence-corrected chi connectivity index (χ1v) is 9.78. The number of hydrogen-bond acceptors (Lipinski definition) is 3. The molecule has 4 nitrogen and oxygen atoms in total. The van der Waals surface area contributed by atoms with E-state index in [1.807, 2.05) is 0 Å². The molecule has 0 amide bonds. The van der Waals surface area contributed by atoms with Gasteiger partial charge in [-0.1, -0.05) is 24.3 Å². The maximum absolute atomic E-state index is 4.90. The number of hydrogen-bond donors (Lipinski definition) is 1. The number of aliphatic imine (C=N–C) groups is 1. The molecule has 142 valence electrons. The van der Waals surface area contributed by atoms with E-state index in [-0.39, 0.29) is 24.0 Å². The van der Waals surface area contributed by atoms with Crippen molar-refractivity contribution in [2.24, 2.45) is 4.99 Å². The first kappa shape index (κ1) is 22.6. The van der Waals surface area contributed by atoms with Gasteiger partial charge in [0.1, 0.15) is 0 Å². The van der Waals surface area contributed by atoms with Crippen LogP contribution < -0.4 is 5.32 Å². The summed E-state index contributed by atoms with van der Waals surface area (Å²) in [5.41, 5.74) is 2.61. The summed E-state index contributed by atoms with van der Waals surface area (Å²) in [5, 5.41) is 3.47. The minimum absolute atomic E-state index is 0. The Morgan fingerprint density at radius 2 is 2.04 bits per heavy atom. The molecule has 1 aromatic rings. The molecule has 1 heterocycles. The smallest absolute Gasteiger partial charge is 0.194 e. The van der Waals surface area contributed by atoms with E-state index >= 15 is 0 Å². The molecular weight excluding hydrogens is 443 g/mol. The molecular formula is C19H33IN4S. The second kappa shape index (κ2) is 10.6. The fourth-order valence-electron chi connectivity index (χ4n) is 2.98. The highest BCUT2D eigenvalue weighted by Crippen LogP contribution is 2.29. The number of benzene rings is 1. The monoisotopic (exact) mass is 476 g/mol. The molecule has 1 N–H and O–H groups in total. The first-order chi connectivity index (χ1) is 11.4. The maximum Gasteiger partial charge on any atom is 0.194 e. The normalized spacial score (nSPS) is 17.4. The van der Waals surface area contributed by atoms with Crippen molar-refractivity contribution in [1.82, 2.24) is 15.1 Å².